The van der Waals surface area contributed by atoms with E-state index in [0.717, 1.165) is 12.1 Å². The Balaban J connectivity index is 1.52. The van der Waals surface area contributed by atoms with Crippen molar-refractivity contribution in [3.63, 3.8) is 0 Å². The number of rotatable bonds is 8. The average Bonchev–Trinajstić information content (AvgIpc) is 2.82. The summed E-state index contributed by atoms with van der Waals surface area (Å²) >= 11 is 0. The van der Waals surface area contributed by atoms with Gasteiger partial charge in [-0.1, -0.05) is 6.92 Å². The van der Waals surface area contributed by atoms with Gasteiger partial charge in [-0.05, 0) is 36.4 Å². The van der Waals surface area contributed by atoms with Gasteiger partial charge in [0.2, 0.25) is 10.0 Å². The zero-order valence-corrected chi connectivity index (χ0v) is 18.3. The van der Waals surface area contributed by atoms with Crippen molar-refractivity contribution in [1.82, 2.24) is 9.21 Å². The van der Waals surface area contributed by atoms with Gasteiger partial charge in [0.15, 0.2) is 12.4 Å². The molecule has 0 bridgehead atoms. The number of hydrogen-bond donors (Lipinski definition) is 0. The zero-order valence-electron chi connectivity index (χ0n) is 17.5. The van der Waals surface area contributed by atoms with Gasteiger partial charge in [0.1, 0.15) is 5.75 Å². The fourth-order valence-corrected chi connectivity index (χ4v) is 4.67. The van der Waals surface area contributed by atoms with Crippen molar-refractivity contribution in [2.24, 2.45) is 0 Å². The second kappa shape index (κ2) is 9.88. The number of non-ortho nitro benzene ring substituents is 1. The van der Waals surface area contributed by atoms with Crippen LogP contribution in [0.2, 0.25) is 0 Å². The third-order valence-corrected chi connectivity index (χ3v) is 7.05. The molecule has 32 heavy (non-hydrogen) atoms. The van der Waals surface area contributed by atoms with Crippen LogP contribution in [0.4, 0.5) is 5.69 Å². The molecule has 1 heterocycles. The highest BCUT2D eigenvalue weighted by Gasteiger charge is 2.30. The van der Waals surface area contributed by atoms with Gasteiger partial charge < -0.3 is 9.64 Å². The number of nitro benzene ring substituents is 1. The first-order valence-corrected chi connectivity index (χ1v) is 11.4. The Hall–Kier alpha value is -3.31. The van der Waals surface area contributed by atoms with Crippen molar-refractivity contribution in [3.05, 3.63) is 64.2 Å². The average molecular weight is 461 g/mol. The predicted molar refractivity (Wildman–Crippen MR) is 115 cm³/mol. The highest BCUT2D eigenvalue weighted by atomic mass is 32.2. The van der Waals surface area contributed by atoms with Crippen molar-refractivity contribution >= 4 is 27.4 Å². The lowest BCUT2D eigenvalue weighted by atomic mass is 10.1. The van der Waals surface area contributed by atoms with Crippen LogP contribution < -0.4 is 4.74 Å². The Labute approximate surface area is 185 Å². The highest BCUT2D eigenvalue weighted by molar-refractivity contribution is 7.89. The number of Topliss-reactive ketones (excluding diaryl/α,β-unsaturated/α-hetero) is 1. The first-order chi connectivity index (χ1) is 15.2. The Morgan fingerprint density at radius 1 is 1.00 bits per heavy atom. The molecule has 3 rings (SSSR count). The molecule has 0 unspecified atom stereocenters. The smallest absolute Gasteiger partial charge is 0.269 e. The molecule has 1 aliphatic rings. The maximum atomic E-state index is 12.8. The van der Waals surface area contributed by atoms with Crippen LogP contribution in [0.3, 0.4) is 0 Å². The van der Waals surface area contributed by atoms with E-state index in [2.05, 4.69) is 0 Å². The van der Waals surface area contributed by atoms with Crippen LogP contribution in [0.25, 0.3) is 0 Å². The van der Waals surface area contributed by atoms with Crippen molar-refractivity contribution in [2.75, 3.05) is 32.8 Å². The third-order valence-electron chi connectivity index (χ3n) is 5.14. The van der Waals surface area contributed by atoms with Crippen molar-refractivity contribution in [3.8, 4) is 5.75 Å². The zero-order chi connectivity index (χ0) is 23.3. The van der Waals surface area contributed by atoms with E-state index >= 15 is 0 Å². The van der Waals surface area contributed by atoms with Gasteiger partial charge in [-0.3, -0.25) is 19.7 Å². The Kier molecular flexibility index (Phi) is 7.21. The van der Waals surface area contributed by atoms with Crippen LogP contribution in [0, 0.1) is 10.1 Å². The molecule has 0 atom stereocenters. The molecule has 0 N–H and O–H groups in total. The first kappa shape index (κ1) is 23.4. The number of ether oxygens (including phenoxy) is 1. The molecule has 1 aliphatic heterocycles. The molecule has 0 aliphatic carbocycles. The molecule has 1 saturated heterocycles. The minimum atomic E-state index is -3.81. The summed E-state index contributed by atoms with van der Waals surface area (Å²) in [7, 11) is -3.81. The number of hydrogen-bond acceptors (Lipinski definition) is 7. The predicted octanol–water partition coefficient (Wildman–Crippen LogP) is 2.10. The van der Waals surface area contributed by atoms with Gasteiger partial charge in [-0.25, -0.2) is 8.42 Å². The number of carbonyl (C=O) groups excluding carboxylic acids is 2. The molecule has 0 saturated carbocycles. The van der Waals surface area contributed by atoms with E-state index in [4.69, 9.17) is 4.74 Å². The van der Waals surface area contributed by atoms with E-state index in [1.165, 1.54) is 21.3 Å². The molecule has 0 spiro atoms. The topological polar surface area (TPSA) is 127 Å². The van der Waals surface area contributed by atoms with Crippen LogP contribution in [-0.2, 0) is 14.8 Å². The normalized spacial score (nSPS) is 14.7. The fraction of sp³-hybridized carbons (Fsp3) is 0.333. The SMILES string of the molecule is CCC(=O)c1ccc(OCC(=O)N2CCN(S(=O)(=O)c3ccc([N+](=O)[O-])cc3)CC2)cc1. The van der Waals surface area contributed by atoms with Crippen molar-refractivity contribution in [1.29, 1.82) is 0 Å². The second-order valence-corrected chi connectivity index (χ2v) is 9.06. The Morgan fingerprint density at radius 3 is 2.12 bits per heavy atom. The lowest BCUT2D eigenvalue weighted by Crippen LogP contribution is -2.51. The van der Waals surface area contributed by atoms with E-state index in [0.29, 0.717) is 17.7 Å². The number of benzene rings is 2. The van der Waals surface area contributed by atoms with Gasteiger partial charge in [-0.2, -0.15) is 4.31 Å². The summed E-state index contributed by atoms with van der Waals surface area (Å²) in [6.07, 6.45) is 0.407. The van der Waals surface area contributed by atoms with E-state index in [1.807, 2.05) is 0 Å². The fourth-order valence-electron chi connectivity index (χ4n) is 3.24. The van der Waals surface area contributed by atoms with E-state index in [9.17, 15) is 28.1 Å². The minimum Gasteiger partial charge on any atom is -0.484 e. The van der Waals surface area contributed by atoms with Gasteiger partial charge >= 0.3 is 0 Å². The Bertz CT molecular complexity index is 1090. The van der Waals surface area contributed by atoms with Gasteiger partial charge in [0.25, 0.3) is 11.6 Å². The summed E-state index contributed by atoms with van der Waals surface area (Å²) in [4.78, 5) is 35.7. The number of nitro groups is 1. The number of carbonyl (C=O) groups is 2. The highest BCUT2D eigenvalue weighted by Crippen LogP contribution is 2.21. The molecule has 0 radical (unpaired) electrons. The van der Waals surface area contributed by atoms with Gasteiger partial charge in [-0.15, -0.1) is 0 Å². The number of piperazine rings is 1. The van der Waals surface area contributed by atoms with E-state index in [-0.39, 0.29) is 55.1 Å². The lowest BCUT2D eigenvalue weighted by Gasteiger charge is -2.33. The third kappa shape index (κ3) is 5.29. The molecular weight excluding hydrogens is 438 g/mol. The number of sulfonamides is 1. The molecule has 2 aromatic rings. The van der Waals surface area contributed by atoms with E-state index < -0.39 is 14.9 Å². The summed E-state index contributed by atoms with van der Waals surface area (Å²) in [5, 5.41) is 10.7. The summed E-state index contributed by atoms with van der Waals surface area (Å²) in [5.41, 5.74) is 0.391. The van der Waals surface area contributed by atoms with Gasteiger partial charge in [0.05, 0.1) is 9.82 Å². The van der Waals surface area contributed by atoms with Crippen LogP contribution >= 0.6 is 0 Å². The first-order valence-electron chi connectivity index (χ1n) is 10.0. The number of ketones is 1. The largest absolute Gasteiger partial charge is 0.484 e. The molecule has 1 fully saturated rings. The van der Waals surface area contributed by atoms with Crippen LogP contribution in [0.1, 0.15) is 23.7 Å². The Morgan fingerprint density at radius 2 is 1.59 bits per heavy atom. The summed E-state index contributed by atoms with van der Waals surface area (Å²) in [6.45, 7) is 2.22. The molecular formula is C21H23N3O7S. The van der Waals surface area contributed by atoms with Crippen LogP contribution in [-0.4, -0.2) is 67.0 Å². The molecule has 2 aromatic carbocycles. The maximum absolute atomic E-state index is 12.8. The van der Waals surface area contributed by atoms with Gasteiger partial charge in [0, 0.05) is 50.3 Å². The lowest BCUT2D eigenvalue weighted by molar-refractivity contribution is -0.384. The molecule has 170 valence electrons. The maximum Gasteiger partial charge on any atom is 0.269 e. The molecule has 10 nitrogen and oxygen atoms in total. The summed E-state index contributed by atoms with van der Waals surface area (Å²) in [6, 6.07) is 11.3. The standard InChI is InChI=1S/C21H23N3O7S/c1-2-20(25)16-3-7-18(8-4-16)31-15-21(26)22-11-13-23(14-12-22)32(29,30)19-9-5-17(6-10-19)24(27)28/h3-10H,2,11-15H2,1H3. The number of nitrogens with zero attached hydrogens (tertiary/aromatic N) is 3. The summed E-state index contributed by atoms with van der Waals surface area (Å²) in [5.74, 6) is 0.214. The molecule has 1 amide bonds. The van der Waals surface area contributed by atoms with Crippen molar-refractivity contribution < 1.29 is 27.7 Å². The van der Waals surface area contributed by atoms with Crippen molar-refractivity contribution in [2.45, 2.75) is 18.2 Å². The molecule has 0 aromatic heterocycles. The van der Waals surface area contributed by atoms with Crippen LogP contribution in [0.5, 0.6) is 5.75 Å². The summed E-state index contributed by atoms with van der Waals surface area (Å²) < 4.78 is 32.3. The van der Waals surface area contributed by atoms with Crippen LogP contribution in [0.15, 0.2) is 53.4 Å². The second-order valence-electron chi connectivity index (χ2n) is 7.13. The minimum absolute atomic E-state index is 0.0224. The van der Waals surface area contributed by atoms with E-state index in [1.54, 1.807) is 31.2 Å². The number of amides is 1. The quantitative estimate of drug-likeness (QED) is 0.335. The molecule has 11 heteroatoms. The monoisotopic (exact) mass is 461 g/mol.